The van der Waals surface area contributed by atoms with Gasteiger partial charge in [0.25, 0.3) is 0 Å². The molecule has 0 aliphatic carbocycles. The lowest BCUT2D eigenvalue weighted by molar-refractivity contribution is 0.562. The standard InChI is InChI=1S/C18H23N3/c1-3-19-12-16-11-17(8-9-20-16)21-13-14(2)10-15-6-4-5-7-18(15)21/h4-9,11,14,19H,3,10,12-13H2,1-2H3. The van der Waals surface area contributed by atoms with Gasteiger partial charge in [0, 0.05) is 30.7 Å². The molecular weight excluding hydrogens is 258 g/mol. The Hall–Kier alpha value is -1.87. The molecule has 1 aliphatic rings. The molecule has 0 saturated carbocycles. The molecule has 2 heterocycles. The summed E-state index contributed by atoms with van der Waals surface area (Å²) >= 11 is 0. The largest absolute Gasteiger partial charge is 0.341 e. The highest BCUT2D eigenvalue weighted by atomic mass is 15.1. The van der Waals surface area contributed by atoms with E-state index in [1.165, 1.54) is 23.4 Å². The van der Waals surface area contributed by atoms with Crippen LogP contribution in [0.4, 0.5) is 11.4 Å². The molecule has 3 nitrogen and oxygen atoms in total. The molecule has 0 fully saturated rings. The molecule has 2 aromatic rings. The Morgan fingerprint density at radius 2 is 2.14 bits per heavy atom. The molecule has 1 atom stereocenters. The van der Waals surface area contributed by atoms with Gasteiger partial charge in [0.05, 0.1) is 5.69 Å². The first-order valence-electron chi connectivity index (χ1n) is 7.79. The second-order valence-electron chi connectivity index (χ2n) is 5.83. The molecule has 1 N–H and O–H groups in total. The minimum Gasteiger partial charge on any atom is -0.341 e. The lowest BCUT2D eigenvalue weighted by atomic mass is 9.93. The van der Waals surface area contributed by atoms with Gasteiger partial charge < -0.3 is 10.2 Å². The van der Waals surface area contributed by atoms with Gasteiger partial charge in [0.1, 0.15) is 0 Å². The highest BCUT2D eigenvalue weighted by molar-refractivity contribution is 5.68. The average molecular weight is 281 g/mol. The third-order valence-electron chi connectivity index (χ3n) is 4.01. The Balaban J connectivity index is 1.93. The van der Waals surface area contributed by atoms with Crippen LogP contribution in [-0.2, 0) is 13.0 Å². The predicted octanol–water partition coefficient (Wildman–Crippen LogP) is 3.52. The molecule has 0 radical (unpaired) electrons. The van der Waals surface area contributed by atoms with Crippen molar-refractivity contribution in [2.45, 2.75) is 26.8 Å². The van der Waals surface area contributed by atoms with E-state index in [0.29, 0.717) is 5.92 Å². The molecule has 21 heavy (non-hydrogen) atoms. The first kappa shape index (κ1) is 14.1. The number of nitrogens with one attached hydrogen (secondary N) is 1. The monoisotopic (exact) mass is 281 g/mol. The fourth-order valence-electron chi connectivity index (χ4n) is 3.02. The quantitative estimate of drug-likeness (QED) is 0.929. The summed E-state index contributed by atoms with van der Waals surface area (Å²) in [6, 6.07) is 13.1. The normalized spacial score (nSPS) is 17.6. The van der Waals surface area contributed by atoms with E-state index in [2.05, 4.69) is 65.4 Å². The van der Waals surface area contributed by atoms with Crippen LogP contribution in [0, 0.1) is 5.92 Å². The molecule has 0 saturated heterocycles. The van der Waals surface area contributed by atoms with Gasteiger partial charge >= 0.3 is 0 Å². The number of hydrogen-bond acceptors (Lipinski definition) is 3. The number of para-hydroxylation sites is 1. The molecule has 0 amide bonds. The van der Waals surface area contributed by atoms with E-state index in [0.717, 1.165) is 25.3 Å². The summed E-state index contributed by atoms with van der Waals surface area (Å²) in [5.74, 6) is 0.672. The first-order valence-corrected chi connectivity index (χ1v) is 7.79. The molecule has 3 rings (SSSR count). The fraction of sp³-hybridized carbons (Fsp3) is 0.389. The highest BCUT2D eigenvalue weighted by Gasteiger charge is 2.22. The van der Waals surface area contributed by atoms with Gasteiger partial charge in [0.2, 0.25) is 0 Å². The van der Waals surface area contributed by atoms with E-state index in [-0.39, 0.29) is 0 Å². The smallest absolute Gasteiger partial charge is 0.0562 e. The second-order valence-corrected chi connectivity index (χ2v) is 5.83. The maximum absolute atomic E-state index is 4.46. The van der Waals surface area contributed by atoms with Crippen molar-refractivity contribution in [2.24, 2.45) is 5.92 Å². The topological polar surface area (TPSA) is 28.2 Å². The molecular formula is C18H23N3. The molecule has 110 valence electrons. The number of rotatable bonds is 4. The Morgan fingerprint density at radius 3 is 3.00 bits per heavy atom. The van der Waals surface area contributed by atoms with Crippen LogP contribution in [0.2, 0.25) is 0 Å². The van der Waals surface area contributed by atoms with Crippen molar-refractivity contribution >= 4 is 11.4 Å². The minimum atomic E-state index is 0.672. The van der Waals surface area contributed by atoms with Crippen molar-refractivity contribution in [3.8, 4) is 0 Å². The summed E-state index contributed by atoms with van der Waals surface area (Å²) in [5, 5.41) is 3.34. The van der Waals surface area contributed by atoms with E-state index < -0.39 is 0 Å². The van der Waals surface area contributed by atoms with Crippen LogP contribution in [0.15, 0.2) is 42.6 Å². The van der Waals surface area contributed by atoms with Crippen LogP contribution < -0.4 is 10.2 Å². The zero-order valence-corrected chi connectivity index (χ0v) is 12.8. The lowest BCUT2D eigenvalue weighted by Gasteiger charge is -2.35. The highest BCUT2D eigenvalue weighted by Crippen LogP contribution is 2.35. The lowest BCUT2D eigenvalue weighted by Crippen LogP contribution is -2.30. The molecule has 0 spiro atoms. The number of benzene rings is 1. The zero-order valence-electron chi connectivity index (χ0n) is 12.8. The second kappa shape index (κ2) is 6.27. The van der Waals surface area contributed by atoms with E-state index in [9.17, 15) is 0 Å². The van der Waals surface area contributed by atoms with Gasteiger partial charge in [-0.1, -0.05) is 32.0 Å². The molecule has 0 bridgehead atoms. The summed E-state index contributed by atoms with van der Waals surface area (Å²) in [6.45, 7) is 7.31. The van der Waals surface area contributed by atoms with Gasteiger partial charge in [-0.15, -0.1) is 0 Å². The molecule has 3 heteroatoms. The maximum Gasteiger partial charge on any atom is 0.0562 e. The van der Waals surface area contributed by atoms with Gasteiger partial charge in [-0.25, -0.2) is 0 Å². The molecule has 1 aliphatic heterocycles. The van der Waals surface area contributed by atoms with Crippen LogP contribution in [0.5, 0.6) is 0 Å². The summed E-state index contributed by atoms with van der Waals surface area (Å²) < 4.78 is 0. The van der Waals surface area contributed by atoms with Crippen LogP contribution in [0.25, 0.3) is 0 Å². The van der Waals surface area contributed by atoms with Crippen molar-refractivity contribution in [2.75, 3.05) is 18.0 Å². The Labute approximate surface area is 127 Å². The van der Waals surface area contributed by atoms with Crippen molar-refractivity contribution in [1.82, 2.24) is 10.3 Å². The average Bonchev–Trinajstić information content (AvgIpc) is 2.52. The molecule has 1 aromatic heterocycles. The Bertz CT molecular complexity index is 609. The number of aromatic nitrogens is 1. The summed E-state index contributed by atoms with van der Waals surface area (Å²) in [4.78, 5) is 6.89. The summed E-state index contributed by atoms with van der Waals surface area (Å²) in [5.41, 5.74) is 5.14. The fourth-order valence-corrected chi connectivity index (χ4v) is 3.02. The van der Waals surface area contributed by atoms with Crippen molar-refractivity contribution in [3.63, 3.8) is 0 Å². The van der Waals surface area contributed by atoms with E-state index >= 15 is 0 Å². The predicted molar refractivity (Wildman–Crippen MR) is 87.9 cm³/mol. The molecule has 1 unspecified atom stereocenters. The number of hydrogen-bond donors (Lipinski definition) is 1. The zero-order chi connectivity index (χ0) is 14.7. The van der Waals surface area contributed by atoms with E-state index in [1.807, 2.05) is 6.20 Å². The van der Waals surface area contributed by atoms with E-state index in [1.54, 1.807) is 0 Å². The van der Waals surface area contributed by atoms with E-state index in [4.69, 9.17) is 0 Å². The molecule has 1 aromatic carbocycles. The SMILES string of the molecule is CCNCc1cc(N2CC(C)Cc3ccccc32)ccn1. The number of anilines is 2. The third kappa shape index (κ3) is 3.08. The maximum atomic E-state index is 4.46. The Morgan fingerprint density at radius 1 is 1.29 bits per heavy atom. The summed E-state index contributed by atoms with van der Waals surface area (Å²) in [6.07, 6.45) is 3.09. The van der Waals surface area contributed by atoms with Crippen LogP contribution in [0.3, 0.4) is 0 Å². The van der Waals surface area contributed by atoms with Crippen molar-refractivity contribution in [3.05, 3.63) is 53.9 Å². The van der Waals surface area contributed by atoms with Gasteiger partial charge in [-0.3, -0.25) is 4.98 Å². The van der Waals surface area contributed by atoms with Crippen LogP contribution in [-0.4, -0.2) is 18.1 Å². The van der Waals surface area contributed by atoms with Gasteiger partial charge in [0.15, 0.2) is 0 Å². The van der Waals surface area contributed by atoms with Gasteiger partial charge in [-0.2, -0.15) is 0 Å². The summed E-state index contributed by atoms with van der Waals surface area (Å²) in [7, 11) is 0. The first-order chi connectivity index (χ1) is 10.3. The minimum absolute atomic E-state index is 0.672. The Kier molecular flexibility index (Phi) is 4.20. The van der Waals surface area contributed by atoms with Crippen molar-refractivity contribution in [1.29, 1.82) is 0 Å². The van der Waals surface area contributed by atoms with Crippen LogP contribution in [0.1, 0.15) is 25.1 Å². The number of nitrogens with zero attached hydrogens (tertiary/aromatic N) is 2. The number of fused-ring (bicyclic) bond motifs is 1. The van der Waals surface area contributed by atoms with Crippen LogP contribution >= 0.6 is 0 Å². The van der Waals surface area contributed by atoms with Crippen molar-refractivity contribution < 1.29 is 0 Å². The third-order valence-corrected chi connectivity index (χ3v) is 4.01. The number of pyridine rings is 1. The van der Waals surface area contributed by atoms with Gasteiger partial charge in [-0.05, 0) is 42.6 Å².